The molecule has 1 saturated carbocycles. The van der Waals surface area contributed by atoms with Crippen molar-refractivity contribution in [2.75, 3.05) is 27.3 Å². The first-order valence-corrected chi connectivity index (χ1v) is 11.8. The van der Waals surface area contributed by atoms with E-state index in [-0.39, 0.29) is 46.8 Å². The Morgan fingerprint density at radius 1 is 1.03 bits per heavy atom. The summed E-state index contributed by atoms with van der Waals surface area (Å²) in [5.41, 5.74) is 0.624. The Morgan fingerprint density at radius 3 is 2.31 bits per heavy atom. The van der Waals surface area contributed by atoms with E-state index in [0.29, 0.717) is 30.8 Å². The van der Waals surface area contributed by atoms with Crippen molar-refractivity contribution in [1.29, 1.82) is 0 Å². The Bertz CT molecular complexity index is 1090. The molecule has 1 aliphatic heterocycles. The zero-order valence-corrected chi connectivity index (χ0v) is 20.1. The molecule has 3 amide bonds. The van der Waals surface area contributed by atoms with Crippen LogP contribution >= 0.6 is 0 Å². The topological polar surface area (TPSA) is 117 Å². The van der Waals surface area contributed by atoms with Crippen LogP contribution in [0.15, 0.2) is 42.5 Å². The van der Waals surface area contributed by atoms with Gasteiger partial charge in [0.1, 0.15) is 6.04 Å². The molecule has 1 aliphatic carbocycles. The fraction of sp³-hybridized carbons (Fsp3) is 0.423. The summed E-state index contributed by atoms with van der Waals surface area (Å²) >= 11 is 0. The first-order valence-electron chi connectivity index (χ1n) is 11.8. The number of phenolic OH excluding ortho intramolecular Hbond substituents is 1. The maximum absolute atomic E-state index is 13.2. The number of rotatable bonds is 9. The first kappa shape index (κ1) is 24.4. The number of hydrogen-bond acceptors (Lipinski definition) is 6. The van der Waals surface area contributed by atoms with Crippen molar-refractivity contribution < 1.29 is 29.0 Å². The van der Waals surface area contributed by atoms with Gasteiger partial charge in [-0.15, -0.1) is 0 Å². The van der Waals surface area contributed by atoms with Gasteiger partial charge < -0.3 is 30.1 Å². The van der Waals surface area contributed by atoms with Gasteiger partial charge in [0.15, 0.2) is 11.5 Å². The van der Waals surface area contributed by atoms with Crippen molar-refractivity contribution in [3.8, 4) is 17.2 Å². The van der Waals surface area contributed by atoms with Crippen LogP contribution in [0.3, 0.4) is 0 Å². The van der Waals surface area contributed by atoms with Crippen molar-refractivity contribution in [2.24, 2.45) is 11.8 Å². The summed E-state index contributed by atoms with van der Waals surface area (Å²) in [6, 6.07) is 11.3. The van der Waals surface area contributed by atoms with E-state index < -0.39 is 11.9 Å². The fourth-order valence-corrected chi connectivity index (χ4v) is 4.84. The zero-order chi connectivity index (χ0) is 25.1. The third-order valence-corrected chi connectivity index (χ3v) is 6.78. The summed E-state index contributed by atoms with van der Waals surface area (Å²) in [4.78, 5) is 40.3. The molecule has 1 unspecified atom stereocenters. The van der Waals surface area contributed by atoms with E-state index in [1.54, 1.807) is 35.2 Å². The highest BCUT2D eigenvalue weighted by Crippen LogP contribution is 2.46. The third kappa shape index (κ3) is 4.89. The SMILES string of the molecule is CCC[C@H](NC(=O)c1ccccc1)C(=O)N1C[C@@H]2C(NC(=O)c3ccc(OC)c(OC)c3O)[C@@H]2C1. The predicted molar refractivity (Wildman–Crippen MR) is 129 cm³/mol. The van der Waals surface area contributed by atoms with E-state index in [4.69, 9.17) is 9.47 Å². The van der Waals surface area contributed by atoms with Crippen LogP contribution in [0, 0.1) is 11.8 Å². The maximum atomic E-state index is 13.2. The molecule has 0 radical (unpaired) electrons. The van der Waals surface area contributed by atoms with Gasteiger partial charge in [-0.05, 0) is 30.7 Å². The molecule has 3 N–H and O–H groups in total. The van der Waals surface area contributed by atoms with E-state index in [0.717, 1.165) is 6.42 Å². The Hall–Kier alpha value is -3.75. The summed E-state index contributed by atoms with van der Waals surface area (Å²) in [6.07, 6.45) is 1.32. The number of amides is 3. The number of fused-ring (bicyclic) bond motifs is 1. The van der Waals surface area contributed by atoms with Crippen LogP contribution in [-0.2, 0) is 4.79 Å². The molecule has 35 heavy (non-hydrogen) atoms. The van der Waals surface area contributed by atoms with Gasteiger partial charge in [-0.3, -0.25) is 14.4 Å². The largest absolute Gasteiger partial charge is 0.504 e. The Labute approximate surface area is 204 Å². The number of phenols is 1. The molecular formula is C26H31N3O6. The van der Waals surface area contributed by atoms with Gasteiger partial charge >= 0.3 is 0 Å². The highest BCUT2D eigenvalue weighted by molar-refractivity contribution is 5.99. The molecule has 9 nitrogen and oxygen atoms in total. The molecule has 9 heteroatoms. The molecule has 186 valence electrons. The number of ether oxygens (including phenoxy) is 2. The van der Waals surface area contributed by atoms with Crippen LogP contribution in [0.5, 0.6) is 17.2 Å². The molecule has 2 aromatic carbocycles. The second-order valence-electron chi connectivity index (χ2n) is 8.95. The number of benzene rings is 2. The molecule has 4 atom stereocenters. The average Bonchev–Trinajstić information content (AvgIpc) is 3.29. The third-order valence-electron chi connectivity index (χ3n) is 6.78. The number of hydrogen-bond donors (Lipinski definition) is 3. The quantitative estimate of drug-likeness (QED) is 0.506. The molecule has 2 aromatic rings. The molecule has 0 aromatic heterocycles. The van der Waals surface area contributed by atoms with E-state index in [1.165, 1.54) is 20.3 Å². The molecule has 0 spiro atoms. The fourth-order valence-electron chi connectivity index (χ4n) is 4.84. The molecule has 1 saturated heterocycles. The highest BCUT2D eigenvalue weighted by atomic mass is 16.5. The van der Waals surface area contributed by atoms with Gasteiger partial charge in [0, 0.05) is 36.5 Å². The lowest BCUT2D eigenvalue weighted by molar-refractivity contribution is -0.133. The average molecular weight is 482 g/mol. The van der Waals surface area contributed by atoms with Crippen molar-refractivity contribution >= 4 is 17.7 Å². The second-order valence-corrected chi connectivity index (χ2v) is 8.95. The maximum Gasteiger partial charge on any atom is 0.255 e. The summed E-state index contributed by atoms with van der Waals surface area (Å²) < 4.78 is 10.3. The summed E-state index contributed by atoms with van der Waals surface area (Å²) in [6.45, 7) is 3.02. The number of nitrogens with one attached hydrogen (secondary N) is 2. The van der Waals surface area contributed by atoms with Gasteiger partial charge in [0.05, 0.1) is 19.8 Å². The standard InChI is InChI=1S/C26H31N3O6/c1-4-8-19(27-24(31)15-9-6-5-7-10-15)26(33)29-13-17-18(14-29)21(17)28-25(32)16-11-12-20(34-2)23(35-3)22(16)30/h5-7,9-12,17-19,21,30H,4,8,13-14H2,1-3H3,(H,27,31)(H,28,32)/t17-,18+,19-,21?/m0/s1. The molecule has 4 rings (SSSR count). The van der Waals surface area contributed by atoms with Crippen LogP contribution < -0.4 is 20.1 Å². The highest BCUT2D eigenvalue weighted by Gasteiger charge is 2.58. The van der Waals surface area contributed by atoms with Crippen LogP contribution in [0.4, 0.5) is 0 Å². The Balaban J connectivity index is 1.34. The second kappa shape index (κ2) is 10.2. The van der Waals surface area contributed by atoms with Crippen LogP contribution in [-0.4, -0.2) is 67.1 Å². The van der Waals surface area contributed by atoms with Crippen LogP contribution in [0.25, 0.3) is 0 Å². The summed E-state index contributed by atoms with van der Waals surface area (Å²) in [5.74, 6) is -0.294. The predicted octanol–water partition coefficient (Wildman–Crippen LogP) is 2.19. The molecule has 2 aliphatic rings. The smallest absolute Gasteiger partial charge is 0.255 e. The minimum absolute atomic E-state index is 0.0671. The molecule has 1 heterocycles. The van der Waals surface area contributed by atoms with Gasteiger partial charge in [0.2, 0.25) is 11.7 Å². The van der Waals surface area contributed by atoms with Crippen LogP contribution in [0.1, 0.15) is 40.5 Å². The zero-order valence-electron chi connectivity index (χ0n) is 20.1. The lowest BCUT2D eigenvalue weighted by atomic mass is 10.1. The minimum Gasteiger partial charge on any atom is -0.504 e. The van der Waals surface area contributed by atoms with Gasteiger partial charge in [-0.25, -0.2) is 0 Å². The van der Waals surface area contributed by atoms with Crippen molar-refractivity contribution in [2.45, 2.75) is 31.8 Å². The number of carbonyl (C=O) groups excluding carboxylic acids is 3. The van der Waals surface area contributed by atoms with Crippen LogP contribution in [0.2, 0.25) is 0 Å². The Kier molecular flexibility index (Phi) is 7.14. The number of piperidine rings is 1. The van der Waals surface area contributed by atoms with Gasteiger partial charge in [0.25, 0.3) is 11.8 Å². The number of aromatic hydroxyl groups is 1. The monoisotopic (exact) mass is 481 g/mol. The van der Waals surface area contributed by atoms with Gasteiger partial charge in [-0.1, -0.05) is 31.5 Å². The normalized spacial score (nSPS) is 21.0. The van der Waals surface area contributed by atoms with E-state index in [2.05, 4.69) is 10.6 Å². The van der Waals surface area contributed by atoms with Gasteiger partial charge in [-0.2, -0.15) is 0 Å². The van der Waals surface area contributed by atoms with Crippen molar-refractivity contribution in [3.63, 3.8) is 0 Å². The molecule has 2 fully saturated rings. The van der Waals surface area contributed by atoms with E-state index in [9.17, 15) is 19.5 Å². The number of methoxy groups -OCH3 is 2. The first-order chi connectivity index (χ1) is 16.9. The van der Waals surface area contributed by atoms with E-state index >= 15 is 0 Å². The number of likely N-dealkylation sites (tertiary alicyclic amines) is 1. The van der Waals surface area contributed by atoms with E-state index in [1.807, 2.05) is 13.0 Å². The molecular weight excluding hydrogens is 450 g/mol. The lowest BCUT2D eigenvalue weighted by Crippen LogP contribution is -2.49. The minimum atomic E-state index is -0.582. The lowest BCUT2D eigenvalue weighted by Gasteiger charge is -2.26. The number of nitrogens with zero attached hydrogens (tertiary/aromatic N) is 1. The molecule has 0 bridgehead atoms. The summed E-state index contributed by atoms with van der Waals surface area (Å²) in [5, 5.41) is 16.3. The summed E-state index contributed by atoms with van der Waals surface area (Å²) in [7, 11) is 2.85. The van der Waals surface area contributed by atoms with Crippen molar-refractivity contribution in [3.05, 3.63) is 53.6 Å². The number of carbonyl (C=O) groups is 3. The Morgan fingerprint density at radius 2 is 1.71 bits per heavy atom. The van der Waals surface area contributed by atoms with Crippen molar-refractivity contribution in [1.82, 2.24) is 15.5 Å².